The SMILES string of the molecule is CC(C)(Oc1ccc(CF)cn1)C(N)=O. The van der Waals surface area contributed by atoms with E-state index in [2.05, 4.69) is 4.98 Å². The first-order valence-corrected chi connectivity index (χ1v) is 4.45. The third-order valence-electron chi connectivity index (χ3n) is 1.91. The number of ether oxygens (including phenoxy) is 1. The van der Waals surface area contributed by atoms with E-state index >= 15 is 0 Å². The van der Waals surface area contributed by atoms with Crippen LogP contribution in [-0.4, -0.2) is 16.5 Å². The standard InChI is InChI=1S/C10H13FN2O2/c1-10(2,9(12)14)15-8-4-3-7(5-11)6-13-8/h3-4,6H,5H2,1-2H3,(H2,12,14). The topological polar surface area (TPSA) is 65.2 Å². The predicted molar refractivity (Wildman–Crippen MR) is 53.0 cm³/mol. The van der Waals surface area contributed by atoms with Gasteiger partial charge in [-0.25, -0.2) is 9.37 Å². The van der Waals surface area contributed by atoms with Crippen LogP contribution in [0.15, 0.2) is 18.3 Å². The Morgan fingerprint density at radius 1 is 1.60 bits per heavy atom. The molecule has 5 heteroatoms. The van der Waals surface area contributed by atoms with Gasteiger partial charge in [0.15, 0.2) is 5.60 Å². The Balaban J connectivity index is 2.77. The Labute approximate surface area is 87.3 Å². The van der Waals surface area contributed by atoms with E-state index in [1.807, 2.05) is 0 Å². The monoisotopic (exact) mass is 212 g/mol. The second-order valence-electron chi connectivity index (χ2n) is 3.61. The van der Waals surface area contributed by atoms with Crippen molar-refractivity contribution in [1.82, 2.24) is 4.98 Å². The van der Waals surface area contributed by atoms with Gasteiger partial charge in [-0.15, -0.1) is 0 Å². The molecule has 0 atom stereocenters. The highest BCUT2D eigenvalue weighted by Crippen LogP contribution is 2.15. The third kappa shape index (κ3) is 2.90. The van der Waals surface area contributed by atoms with Crippen molar-refractivity contribution in [1.29, 1.82) is 0 Å². The maximum Gasteiger partial charge on any atom is 0.261 e. The summed E-state index contributed by atoms with van der Waals surface area (Å²) in [6, 6.07) is 3.04. The molecule has 0 unspecified atom stereocenters. The number of halogens is 1. The highest BCUT2D eigenvalue weighted by Gasteiger charge is 2.27. The van der Waals surface area contributed by atoms with Gasteiger partial charge in [0.2, 0.25) is 5.88 Å². The molecule has 0 saturated heterocycles. The number of carbonyl (C=O) groups is 1. The van der Waals surface area contributed by atoms with Crippen molar-refractivity contribution in [3.8, 4) is 5.88 Å². The van der Waals surface area contributed by atoms with Crippen LogP contribution in [0, 0.1) is 0 Å². The van der Waals surface area contributed by atoms with E-state index in [-0.39, 0.29) is 5.88 Å². The molecular formula is C10H13FN2O2. The number of pyridine rings is 1. The number of carbonyl (C=O) groups excluding carboxylic acids is 1. The molecule has 0 radical (unpaired) electrons. The van der Waals surface area contributed by atoms with Crippen LogP contribution in [0.5, 0.6) is 5.88 Å². The molecule has 15 heavy (non-hydrogen) atoms. The lowest BCUT2D eigenvalue weighted by Crippen LogP contribution is -2.43. The number of primary amides is 1. The van der Waals surface area contributed by atoms with Crippen LogP contribution in [0.3, 0.4) is 0 Å². The molecule has 1 aromatic heterocycles. The van der Waals surface area contributed by atoms with Gasteiger partial charge in [0.05, 0.1) is 0 Å². The molecule has 2 N–H and O–H groups in total. The van der Waals surface area contributed by atoms with E-state index in [4.69, 9.17) is 10.5 Å². The van der Waals surface area contributed by atoms with Gasteiger partial charge in [0, 0.05) is 17.8 Å². The van der Waals surface area contributed by atoms with Gasteiger partial charge in [-0.05, 0) is 19.9 Å². The number of aromatic nitrogens is 1. The van der Waals surface area contributed by atoms with Crippen LogP contribution in [0.4, 0.5) is 4.39 Å². The maximum atomic E-state index is 12.2. The zero-order valence-electron chi connectivity index (χ0n) is 8.66. The van der Waals surface area contributed by atoms with E-state index in [0.717, 1.165) is 0 Å². The van der Waals surface area contributed by atoms with Crippen molar-refractivity contribution in [3.05, 3.63) is 23.9 Å². The number of alkyl halides is 1. The van der Waals surface area contributed by atoms with Crippen molar-refractivity contribution in [2.75, 3.05) is 0 Å². The molecule has 1 aromatic rings. The summed E-state index contributed by atoms with van der Waals surface area (Å²) in [5.74, 6) is -0.338. The van der Waals surface area contributed by atoms with Crippen molar-refractivity contribution in [2.24, 2.45) is 5.73 Å². The van der Waals surface area contributed by atoms with E-state index in [1.54, 1.807) is 19.9 Å². The largest absolute Gasteiger partial charge is 0.462 e. The summed E-state index contributed by atoms with van der Waals surface area (Å²) in [6.07, 6.45) is 1.35. The molecule has 1 heterocycles. The zero-order chi connectivity index (χ0) is 11.5. The molecule has 1 rings (SSSR count). The van der Waals surface area contributed by atoms with E-state index < -0.39 is 18.2 Å². The van der Waals surface area contributed by atoms with Gasteiger partial charge < -0.3 is 10.5 Å². The first-order chi connectivity index (χ1) is 6.95. The molecule has 82 valence electrons. The van der Waals surface area contributed by atoms with E-state index in [9.17, 15) is 9.18 Å². The third-order valence-corrected chi connectivity index (χ3v) is 1.91. The fraction of sp³-hybridized carbons (Fsp3) is 0.400. The highest BCUT2D eigenvalue weighted by atomic mass is 19.1. The minimum Gasteiger partial charge on any atom is -0.462 e. The van der Waals surface area contributed by atoms with Crippen LogP contribution in [0.25, 0.3) is 0 Å². The Kier molecular flexibility index (Phi) is 3.24. The van der Waals surface area contributed by atoms with Crippen LogP contribution in [0.1, 0.15) is 19.4 Å². The lowest BCUT2D eigenvalue weighted by atomic mass is 10.1. The quantitative estimate of drug-likeness (QED) is 0.815. The summed E-state index contributed by atoms with van der Waals surface area (Å²) in [6.45, 7) is 2.51. The predicted octanol–water partition coefficient (Wildman–Crippen LogP) is 1.19. The number of amides is 1. The van der Waals surface area contributed by atoms with Gasteiger partial charge in [-0.3, -0.25) is 4.79 Å². The Hall–Kier alpha value is -1.65. The first kappa shape index (κ1) is 11.4. The number of hydrogen-bond acceptors (Lipinski definition) is 3. The van der Waals surface area contributed by atoms with Crippen molar-refractivity contribution in [2.45, 2.75) is 26.1 Å². The molecule has 0 saturated carbocycles. The average Bonchev–Trinajstić information content (AvgIpc) is 2.18. The summed E-state index contributed by atoms with van der Waals surface area (Å²) in [7, 11) is 0. The molecule has 0 aliphatic rings. The van der Waals surface area contributed by atoms with E-state index in [1.165, 1.54) is 12.3 Å². The van der Waals surface area contributed by atoms with Crippen molar-refractivity contribution in [3.63, 3.8) is 0 Å². The van der Waals surface area contributed by atoms with Gasteiger partial charge in [-0.1, -0.05) is 0 Å². The van der Waals surface area contributed by atoms with E-state index in [0.29, 0.717) is 5.56 Å². The van der Waals surface area contributed by atoms with Crippen molar-refractivity contribution < 1.29 is 13.9 Å². The second-order valence-corrected chi connectivity index (χ2v) is 3.61. The zero-order valence-corrected chi connectivity index (χ0v) is 8.66. The van der Waals surface area contributed by atoms with Gasteiger partial charge in [-0.2, -0.15) is 0 Å². The second kappa shape index (κ2) is 4.25. The maximum absolute atomic E-state index is 12.2. The van der Waals surface area contributed by atoms with Gasteiger partial charge in [0.1, 0.15) is 6.67 Å². The Bertz CT molecular complexity index is 349. The Morgan fingerprint density at radius 2 is 2.27 bits per heavy atom. The summed E-state index contributed by atoms with van der Waals surface area (Å²) >= 11 is 0. The number of nitrogens with zero attached hydrogens (tertiary/aromatic N) is 1. The molecular weight excluding hydrogens is 199 g/mol. The summed E-state index contributed by atoms with van der Waals surface area (Å²) in [5, 5.41) is 0. The molecule has 0 fully saturated rings. The van der Waals surface area contributed by atoms with Crippen LogP contribution < -0.4 is 10.5 Å². The number of rotatable bonds is 4. The van der Waals surface area contributed by atoms with Gasteiger partial charge >= 0.3 is 0 Å². The van der Waals surface area contributed by atoms with Crippen LogP contribution in [0.2, 0.25) is 0 Å². The van der Waals surface area contributed by atoms with Crippen LogP contribution in [-0.2, 0) is 11.5 Å². The Morgan fingerprint density at radius 3 is 2.67 bits per heavy atom. The molecule has 0 bridgehead atoms. The minimum atomic E-state index is -1.12. The highest BCUT2D eigenvalue weighted by molar-refractivity contribution is 5.82. The van der Waals surface area contributed by atoms with Crippen molar-refractivity contribution >= 4 is 5.91 Å². The molecule has 4 nitrogen and oxygen atoms in total. The molecule has 0 aliphatic heterocycles. The smallest absolute Gasteiger partial charge is 0.261 e. The lowest BCUT2D eigenvalue weighted by molar-refractivity contribution is -0.130. The average molecular weight is 212 g/mol. The fourth-order valence-corrected chi connectivity index (χ4v) is 0.862. The normalized spacial score (nSPS) is 11.1. The summed E-state index contributed by atoms with van der Waals surface area (Å²) in [5.41, 5.74) is 4.46. The van der Waals surface area contributed by atoms with Crippen LogP contribution >= 0.6 is 0 Å². The number of hydrogen-bond donors (Lipinski definition) is 1. The number of nitrogens with two attached hydrogens (primary N) is 1. The molecule has 0 aromatic carbocycles. The molecule has 0 spiro atoms. The lowest BCUT2D eigenvalue weighted by Gasteiger charge is -2.21. The van der Waals surface area contributed by atoms with Gasteiger partial charge in [0.25, 0.3) is 5.91 Å². The first-order valence-electron chi connectivity index (χ1n) is 4.45. The molecule has 1 amide bonds. The minimum absolute atomic E-state index is 0.246. The fourth-order valence-electron chi connectivity index (χ4n) is 0.862. The molecule has 0 aliphatic carbocycles. The summed E-state index contributed by atoms with van der Waals surface area (Å²) in [4.78, 5) is 14.8. The summed E-state index contributed by atoms with van der Waals surface area (Å²) < 4.78 is 17.4.